The van der Waals surface area contributed by atoms with Crippen LogP contribution >= 0.6 is 0 Å². The van der Waals surface area contributed by atoms with Crippen molar-refractivity contribution in [3.63, 3.8) is 0 Å². The predicted octanol–water partition coefficient (Wildman–Crippen LogP) is 3.68. The highest BCUT2D eigenvalue weighted by Crippen LogP contribution is 2.21. The standard InChI is InChI=1S/C24H25N3O3/c28-24(20-8-11-23(26-18-20)27-14-16-29-17-15-27)25-13-12-19-6-9-22(10-7-19)30-21-4-2-1-3-5-21/h1-11,18H,12-17H2,(H,25,28). The van der Waals surface area contributed by atoms with Crippen molar-refractivity contribution in [1.29, 1.82) is 0 Å². The van der Waals surface area contributed by atoms with Crippen LogP contribution in [-0.4, -0.2) is 43.7 Å². The molecule has 6 nitrogen and oxygen atoms in total. The number of para-hydroxylation sites is 1. The van der Waals surface area contributed by atoms with Gasteiger partial charge in [0.15, 0.2) is 0 Å². The van der Waals surface area contributed by atoms with Crippen molar-refractivity contribution in [1.82, 2.24) is 10.3 Å². The minimum atomic E-state index is -0.111. The van der Waals surface area contributed by atoms with E-state index in [0.717, 1.165) is 42.4 Å². The van der Waals surface area contributed by atoms with Crippen LogP contribution in [0.5, 0.6) is 11.5 Å². The first-order valence-electron chi connectivity index (χ1n) is 10.2. The molecule has 0 bridgehead atoms. The maximum atomic E-state index is 12.4. The number of aromatic nitrogens is 1. The van der Waals surface area contributed by atoms with Gasteiger partial charge in [0.2, 0.25) is 0 Å². The molecule has 0 radical (unpaired) electrons. The van der Waals surface area contributed by atoms with Gasteiger partial charge in [-0.25, -0.2) is 4.98 Å². The molecule has 0 atom stereocenters. The third kappa shape index (κ3) is 5.36. The molecule has 4 rings (SSSR count). The Morgan fingerprint density at radius 2 is 1.70 bits per heavy atom. The Morgan fingerprint density at radius 1 is 0.967 bits per heavy atom. The number of hydrogen-bond donors (Lipinski definition) is 1. The molecule has 1 aromatic heterocycles. The number of carbonyl (C=O) groups is 1. The first-order chi connectivity index (χ1) is 14.8. The molecule has 0 aliphatic carbocycles. The van der Waals surface area contributed by atoms with E-state index in [2.05, 4.69) is 15.2 Å². The second kappa shape index (κ2) is 9.89. The number of nitrogens with zero attached hydrogens (tertiary/aromatic N) is 2. The molecule has 30 heavy (non-hydrogen) atoms. The van der Waals surface area contributed by atoms with Crippen LogP contribution in [0.1, 0.15) is 15.9 Å². The number of pyridine rings is 1. The first-order valence-corrected chi connectivity index (χ1v) is 10.2. The fraction of sp³-hybridized carbons (Fsp3) is 0.250. The van der Waals surface area contributed by atoms with Crippen molar-refractivity contribution in [2.24, 2.45) is 0 Å². The number of benzene rings is 2. The molecule has 6 heteroatoms. The normalized spacial score (nSPS) is 13.7. The molecule has 0 saturated carbocycles. The SMILES string of the molecule is O=C(NCCc1ccc(Oc2ccccc2)cc1)c1ccc(N2CCOCC2)nc1. The summed E-state index contributed by atoms with van der Waals surface area (Å²) in [7, 11) is 0. The largest absolute Gasteiger partial charge is 0.457 e. The van der Waals surface area contributed by atoms with E-state index in [1.165, 1.54) is 0 Å². The lowest BCUT2D eigenvalue weighted by Gasteiger charge is -2.27. The zero-order valence-electron chi connectivity index (χ0n) is 16.8. The molecule has 3 aromatic rings. The van der Waals surface area contributed by atoms with Gasteiger partial charge in [-0.15, -0.1) is 0 Å². The monoisotopic (exact) mass is 403 g/mol. The smallest absolute Gasteiger partial charge is 0.252 e. The van der Waals surface area contributed by atoms with Crippen molar-refractivity contribution in [2.45, 2.75) is 6.42 Å². The average Bonchev–Trinajstić information content (AvgIpc) is 2.81. The summed E-state index contributed by atoms with van der Waals surface area (Å²) in [6.45, 7) is 3.64. The molecule has 1 fully saturated rings. The first kappa shape index (κ1) is 19.9. The van der Waals surface area contributed by atoms with Crippen molar-refractivity contribution in [3.8, 4) is 11.5 Å². The summed E-state index contributed by atoms with van der Waals surface area (Å²) in [4.78, 5) is 19.0. The van der Waals surface area contributed by atoms with Crippen molar-refractivity contribution in [3.05, 3.63) is 84.1 Å². The molecular formula is C24H25N3O3. The van der Waals surface area contributed by atoms with Crippen LogP contribution in [0.15, 0.2) is 72.9 Å². The summed E-state index contributed by atoms with van der Waals surface area (Å²) >= 11 is 0. The highest BCUT2D eigenvalue weighted by molar-refractivity contribution is 5.94. The number of nitrogens with one attached hydrogen (secondary N) is 1. The minimum Gasteiger partial charge on any atom is -0.457 e. The Kier molecular flexibility index (Phi) is 6.57. The van der Waals surface area contributed by atoms with Gasteiger partial charge in [0, 0.05) is 25.8 Å². The quantitative estimate of drug-likeness (QED) is 0.652. The Morgan fingerprint density at radius 3 is 2.40 bits per heavy atom. The van der Waals surface area contributed by atoms with Gasteiger partial charge in [-0.3, -0.25) is 4.79 Å². The van der Waals surface area contributed by atoms with Crippen molar-refractivity contribution in [2.75, 3.05) is 37.7 Å². The van der Waals surface area contributed by atoms with Gasteiger partial charge >= 0.3 is 0 Å². The summed E-state index contributed by atoms with van der Waals surface area (Å²) < 4.78 is 11.2. The molecule has 1 aliphatic rings. The van der Waals surface area contributed by atoms with Gasteiger partial charge in [-0.2, -0.15) is 0 Å². The number of ether oxygens (including phenoxy) is 2. The predicted molar refractivity (Wildman–Crippen MR) is 116 cm³/mol. The minimum absolute atomic E-state index is 0.111. The topological polar surface area (TPSA) is 63.7 Å². The van der Waals surface area contributed by atoms with Gasteiger partial charge < -0.3 is 19.7 Å². The number of anilines is 1. The highest BCUT2D eigenvalue weighted by atomic mass is 16.5. The van der Waals surface area contributed by atoms with E-state index in [1.54, 1.807) is 6.20 Å². The number of amides is 1. The molecule has 154 valence electrons. The van der Waals surface area contributed by atoms with Crippen molar-refractivity contribution < 1.29 is 14.3 Å². The van der Waals surface area contributed by atoms with Gasteiger partial charge in [-0.05, 0) is 48.4 Å². The van der Waals surface area contributed by atoms with Crippen LogP contribution in [-0.2, 0) is 11.2 Å². The number of rotatable bonds is 7. The van der Waals surface area contributed by atoms with Crippen LogP contribution < -0.4 is 15.0 Å². The summed E-state index contributed by atoms with van der Waals surface area (Å²) in [5.74, 6) is 2.37. The Balaban J connectivity index is 1.24. The zero-order chi connectivity index (χ0) is 20.6. The Labute approximate surface area is 176 Å². The Bertz CT molecular complexity index is 938. The van der Waals surface area contributed by atoms with Gasteiger partial charge in [0.1, 0.15) is 17.3 Å². The molecule has 1 N–H and O–H groups in total. The second-order valence-electron chi connectivity index (χ2n) is 7.07. The maximum absolute atomic E-state index is 12.4. The fourth-order valence-corrected chi connectivity index (χ4v) is 3.27. The molecular weight excluding hydrogens is 378 g/mol. The van der Waals surface area contributed by atoms with E-state index < -0.39 is 0 Å². The van der Waals surface area contributed by atoms with E-state index in [4.69, 9.17) is 9.47 Å². The third-order valence-electron chi connectivity index (χ3n) is 4.95. The summed E-state index contributed by atoms with van der Waals surface area (Å²) in [6, 6.07) is 21.3. The lowest BCUT2D eigenvalue weighted by atomic mass is 10.1. The molecule has 1 amide bonds. The van der Waals surface area contributed by atoms with E-state index in [9.17, 15) is 4.79 Å². The zero-order valence-corrected chi connectivity index (χ0v) is 16.8. The molecule has 0 unspecified atom stereocenters. The maximum Gasteiger partial charge on any atom is 0.252 e. The highest BCUT2D eigenvalue weighted by Gasteiger charge is 2.13. The number of morpholine rings is 1. The van der Waals surface area contributed by atoms with Crippen LogP contribution in [0, 0.1) is 0 Å². The second-order valence-corrected chi connectivity index (χ2v) is 7.07. The fourth-order valence-electron chi connectivity index (χ4n) is 3.27. The molecule has 1 saturated heterocycles. The lowest BCUT2D eigenvalue weighted by molar-refractivity contribution is 0.0953. The van der Waals surface area contributed by atoms with E-state index in [1.807, 2.05) is 66.7 Å². The van der Waals surface area contributed by atoms with Gasteiger partial charge in [0.25, 0.3) is 5.91 Å². The molecule has 0 spiro atoms. The summed E-state index contributed by atoms with van der Waals surface area (Å²) in [5, 5.41) is 2.96. The van der Waals surface area contributed by atoms with Crippen LogP contribution in [0.4, 0.5) is 5.82 Å². The van der Waals surface area contributed by atoms with Gasteiger partial charge in [0.05, 0.1) is 18.8 Å². The van der Waals surface area contributed by atoms with E-state index in [0.29, 0.717) is 25.3 Å². The van der Waals surface area contributed by atoms with Crippen molar-refractivity contribution >= 4 is 11.7 Å². The van der Waals surface area contributed by atoms with Crippen LogP contribution in [0.25, 0.3) is 0 Å². The van der Waals surface area contributed by atoms with E-state index in [-0.39, 0.29) is 5.91 Å². The summed E-state index contributed by atoms with van der Waals surface area (Å²) in [5.41, 5.74) is 1.70. The summed E-state index contributed by atoms with van der Waals surface area (Å²) in [6.07, 6.45) is 2.38. The van der Waals surface area contributed by atoms with Crippen LogP contribution in [0.2, 0.25) is 0 Å². The molecule has 2 heterocycles. The number of hydrogen-bond acceptors (Lipinski definition) is 5. The third-order valence-corrected chi connectivity index (χ3v) is 4.95. The van der Waals surface area contributed by atoms with E-state index >= 15 is 0 Å². The lowest BCUT2D eigenvalue weighted by Crippen LogP contribution is -2.36. The van der Waals surface area contributed by atoms with Crippen LogP contribution in [0.3, 0.4) is 0 Å². The average molecular weight is 403 g/mol. The van der Waals surface area contributed by atoms with Gasteiger partial charge in [-0.1, -0.05) is 30.3 Å². The Hall–Kier alpha value is -3.38. The molecule has 1 aliphatic heterocycles. The number of carbonyl (C=O) groups excluding carboxylic acids is 1. The molecule has 2 aromatic carbocycles.